The Bertz CT molecular complexity index is 1100. The van der Waals surface area contributed by atoms with Crippen LogP contribution in [0.3, 0.4) is 0 Å². The average molecular weight is 484 g/mol. The first kappa shape index (κ1) is 23.6. The van der Waals surface area contributed by atoms with E-state index in [1.807, 2.05) is 12.1 Å². The third-order valence-electron chi connectivity index (χ3n) is 4.13. The van der Waals surface area contributed by atoms with Crippen molar-refractivity contribution in [3.8, 4) is 16.3 Å². The van der Waals surface area contributed by atoms with Crippen LogP contribution in [0.15, 0.2) is 53.9 Å². The lowest BCUT2D eigenvalue weighted by Crippen LogP contribution is -2.35. The van der Waals surface area contributed by atoms with Crippen LogP contribution in [0, 0.1) is 0 Å². The molecule has 0 aliphatic heterocycles. The predicted octanol–water partition coefficient (Wildman–Crippen LogP) is 5.00. The summed E-state index contributed by atoms with van der Waals surface area (Å²) >= 11 is 7.38. The second-order valence-corrected chi connectivity index (χ2v) is 8.00. The normalized spacial score (nSPS) is 11.2. The van der Waals surface area contributed by atoms with Crippen LogP contribution in [0.1, 0.15) is 5.69 Å². The summed E-state index contributed by atoms with van der Waals surface area (Å²) in [5.74, 6) is -1.21. The highest BCUT2D eigenvalue weighted by molar-refractivity contribution is 7.13. The van der Waals surface area contributed by atoms with Crippen molar-refractivity contribution in [3.05, 3.63) is 64.6 Å². The zero-order chi connectivity index (χ0) is 23.3. The van der Waals surface area contributed by atoms with Crippen molar-refractivity contribution in [1.82, 2.24) is 9.88 Å². The maximum absolute atomic E-state index is 12.4. The maximum atomic E-state index is 12.4. The largest absolute Gasteiger partial charge is 0.573 e. The number of alkyl halides is 3. The van der Waals surface area contributed by atoms with E-state index >= 15 is 0 Å². The number of anilines is 1. The number of aromatic nitrogens is 1. The van der Waals surface area contributed by atoms with Crippen molar-refractivity contribution in [3.63, 3.8) is 0 Å². The van der Waals surface area contributed by atoms with Crippen LogP contribution in [-0.4, -0.2) is 41.7 Å². The Balaban J connectivity index is 1.51. The van der Waals surface area contributed by atoms with Crippen molar-refractivity contribution >= 4 is 40.4 Å². The number of rotatable bonds is 7. The molecule has 0 fully saturated rings. The summed E-state index contributed by atoms with van der Waals surface area (Å²) in [4.78, 5) is 30.3. The van der Waals surface area contributed by atoms with Gasteiger partial charge in [-0.25, -0.2) is 4.98 Å². The van der Waals surface area contributed by atoms with Crippen molar-refractivity contribution < 1.29 is 27.5 Å². The van der Waals surface area contributed by atoms with E-state index in [1.165, 1.54) is 35.4 Å². The van der Waals surface area contributed by atoms with Crippen LogP contribution < -0.4 is 10.1 Å². The smallest absolute Gasteiger partial charge is 0.406 e. The lowest BCUT2D eigenvalue weighted by atomic mass is 10.2. The summed E-state index contributed by atoms with van der Waals surface area (Å²) in [5, 5.41) is 5.60. The molecule has 0 atom stereocenters. The standard InChI is InChI=1S/C21H17ClF3N3O3S/c1-28(11-18(29)26-15-5-7-17(8-6-15)31-21(23,24)25)19(30)10-16-12-32-20(27-16)13-3-2-4-14(22)9-13/h2-9,12H,10-11H2,1H3,(H,26,29). The number of likely N-dealkylation sites (N-methyl/N-ethyl adjacent to an activating group) is 1. The lowest BCUT2D eigenvalue weighted by molar-refractivity contribution is -0.274. The molecule has 1 heterocycles. The SMILES string of the molecule is CN(CC(=O)Nc1ccc(OC(F)(F)F)cc1)C(=O)Cc1csc(-c2cccc(Cl)c2)n1. The lowest BCUT2D eigenvalue weighted by Gasteiger charge is -2.16. The molecule has 1 N–H and O–H groups in total. The van der Waals surface area contributed by atoms with Crippen LogP contribution in [0.25, 0.3) is 10.6 Å². The van der Waals surface area contributed by atoms with Gasteiger partial charge in [0.05, 0.1) is 18.7 Å². The minimum atomic E-state index is -4.79. The van der Waals surface area contributed by atoms with Crippen LogP contribution in [-0.2, 0) is 16.0 Å². The minimum absolute atomic E-state index is 0.0182. The number of hydrogen-bond acceptors (Lipinski definition) is 5. The van der Waals surface area contributed by atoms with Crippen molar-refractivity contribution in [2.45, 2.75) is 12.8 Å². The number of nitrogens with one attached hydrogen (secondary N) is 1. The van der Waals surface area contributed by atoms with Crippen LogP contribution in [0.2, 0.25) is 5.02 Å². The van der Waals surface area contributed by atoms with Gasteiger partial charge in [0, 0.05) is 28.7 Å². The van der Waals surface area contributed by atoms with E-state index in [0.717, 1.165) is 22.7 Å². The van der Waals surface area contributed by atoms with Gasteiger partial charge in [0.2, 0.25) is 11.8 Å². The summed E-state index contributed by atoms with van der Waals surface area (Å²) in [6.07, 6.45) is -4.77. The fourth-order valence-corrected chi connectivity index (χ4v) is 3.68. The molecule has 32 heavy (non-hydrogen) atoms. The number of nitrogens with zero attached hydrogens (tertiary/aromatic N) is 2. The van der Waals surface area contributed by atoms with Gasteiger partial charge in [0.15, 0.2) is 0 Å². The molecule has 168 valence electrons. The van der Waals surface area contributed by atoms with Crippen LogP contribution in [0.5, 0.6) is 5.75 Å². The Labute approximate surface area is 190 Å². The number of halogens is 4. The van der Waals surface area contributed by atoms with E-state index in [4.69, 9.17) is 11.6 Å². The van der Waals surface area contributed by atoms with E-state index in [-0.39, 0.29) is 24.6 Å². The molecular formula is C21H17ClF3N3O3S. The van der Waals surface area contributed by atoms with Crippen molar-refractivity contribution in [2.75, 3.05) is 18.9 Å². The summed E-state index contributed by atoms with van der Waals surface area (Å²) < 4.78 is 40.4. The van der Waals surface area contributed by atoms with Gasteiger partial charge < -0.3 is 15.0 Å². The Morgan fingerprint density at radius 3 is 2.56 bits per heavy atom. The summed E-state index contributed by atoms with van der Waals surface area (Å²) in [6, 6.07) is 11.9. The Morgan fingerprint density at radius 1 is 1.19 bits per heavy atom. The molecule has 0 bridgehead atoms. The van der Waals surface area contributed by atoms with Gasteiger partial charge in [-0.3, -0.25) is 9.59 Å². The van der Waals surface area contributed by atoms with Gasteiger partial charge in [0.25, 0.3) is 0 Å². The van der Waals surface area contributed by atoms with Crippen molar-refractivity contribution in [2.24, 2.45) is 0 Å². The molecule has 3 rings (SSSR count). The number of carbonyl (C=O) groups is 2. The van der Waals surface area contributed by atoms with E-state index in [1.54, 1.807) is 17.5 Å². The number of carbonyl (C=O) groups excluding carboxylic acids is 2. The Morgan fingerprint density at radius 2 is 1.91 bits per heavy atom. The second kappa shape index (κ2) is 10.0. The average Bonchev–Trinajstić information content (AvgIpc) is 3.17. The number of hydrogen-bond donors (Lipinski definition) is 1. The molecule has 0 aliphatic carbocycles. The highest BCUT2D eigenvalue weighted by atomic mass is 35.5. The molecule has 6 nitrogen and oxygen atoms in total. The van der Waals surface area contributed by atoms with Crippen molar-refractivity contribution in [1.29, 1.82) is 0 Å². The number of benzene rings is 2. The Hall–Kier alpha value is -3.11. The monoisotopic (exact) mass is 483 g/mol. The van der Waals surface area contributed by atoms with E-state index in [2.05, 4.69) is 15.0 Å². The summed E-state index contributed by atoms with van der Waals surface area (Å²) in [7, 11) is 1.48. The molecule has 0 unspecified atom stereocenters. The molecule has 0 saturated carbocycles. The van der Waals surface area contributed by atoms with Gasteiger partial charge in [-0.2, -0.15) is 0 Å². The highest BCUT2D eigenvalue weighted by Crippen LogP contribution is 2.26. The van der Waals surface area contributed by atoms with Gasteiger partial charge in [-0.15, -0.1) is 24.5 Å². The molecule has 0 radical (unpaired) electrons. The Kier molecular flexibility index (Phi) is 7.37. The maximum Gasteiger partial charge on any atom is 0.573 e. The van der Waals surface area contributed by atoms with Gasteiger partial charge in [0.1, 0.15) is 10.8 Å². The molecular weight excluding hydrogens is 467 g/mol. The van der Waals surface area contributed by atoms with Gasteiger partial charge in [-0.05, 0) is 36.4 Å². The quantitative estimate of drug-likeness (QED) is 0.513. The number of ether oxygens (including phenoxy) is 1. The fraction of sp³-hybridized carbons (Fsp3) is 0.190. The second-order valence-electron chi connectivity index (χ2n) is 6.70. The van der Waals surface area contributed by atoms with E-state index in [9.17, 15) is 22.8 Å². The molecule has 2 amide bonds. The first-order valence-corrected chi connectivity index (χ1v) is 10.4. The van der Waals surface area contributed by atoms with E-state index < -0.39 is 18.0 Å². The molecule has 3 aromatic rings. The molecule has 0 spiro atoms. The fourth-order valence-electron chi connectivity index (χ4n) is 2.68. The zero-order valence-corrected chi connectivity index (χ0v) is 18.2. The predicted molar refractivity (Wildman–Crippen MR) is 116 cm³/mol. The van der Waals surface area contributed by atoms with E-state index in [0.29, 0.717) is 10.7 Å². The molecule has 0 saturated heterocycles. The molecule has 11 heteroatoms. The zero-order valence-electron chi connectivity index (χ0n) is 16.6. The number of amides is 2. The molecule has 0 aliphatic rings. The summed E-state index contributed by atoms with van der Waals surface area (Å²) in [6.45, 7) is -0.231. The first-order valence-electron chi connectivity index (χ1n) is 9.19. The summed E-state index contributed by atoms with van der Waals surface area (Å²) in [5.41, 5.74) is 1.69. The molecule has 1 aromatic heterocycles. The van der Waals surface area contributed by atoms with Gasteiger partial charge in [-0.1, -0.05) is 23.7 Å². The number of thiazole rings is 1. The van der Waals surface area contributed by atoms with Crippen LogP contribution in [0.4, 0.5) is 18.9 Å². The topological polar surface area (TPSA) is 71.5 Å². The minimum Gasteiger partial charge on any atom is -0.406 e. The third-order valence-corrected chi connectivity index (χ3v) is 5.31. The highest BCUT2D eigenvalue weighted by Gasteiger charge is 2.31. The third kappa shape index (κ3) is 6.96. The molecule has 2 aromatic carbocycles. The first-order chi connectivity index (χ1) is 15.1. The van der Waals surface area contributed by atoms with Gasteiger partial charge >= 0.3 is 6.36 Å². The van der Waals surface area contributed by atoms with Crippen LogP contribution >= 0.6 is 22.9 Å².